The van der Waals surface area contributed by atoms with Crippen LogP contribution in [0.4, 0.5) is 0 Å². The second-order valence-corrected chi connectivity index (χ2v) is 4.79. The van der Waals surface area contributed by atoms with Crippen molar-refractivity contribution < 1.29 is 4.74 Å². The van der Waals surface area contributed by atoms with Crippen molar-refractivity contribution in [3.05, 3.63) is 42.0 Å². The number of rotatable bonds is 5. The summed E-state index contributed by atoms with van der Waals surface area (Å²) in [4.78, 5) is 4.26. The molecule has 4 nitrogen and oxygen atoms in total. The summed E-state index contributed by atoms with van der Waals surface area (Å²) in [5, 5.41) is 6.76. The highest BCUT2D eigenvalue weighted by Crippen LogP contribution is 2.13. The molecular weight excluding hydrogens is 250 g/mol. The van der Waals surface area contributed by atoms with Gasteiger partial charge in [-0.25, -0.2) is 0 Å². The second-order valence-electron chi connectivity index (χ2n) is 4.79. The van der Waals surface area contributed by atoms with Crippen molar-refractivity contribution in [3.8, 4) is 5.75 Å². The van der Waals surface area contributed by atoms with Gasteiger partial charge in [0.25, 0.3) is 0 Å². The maximum absolute atomic E-state index is 5.51. The molecule has 1 aromatic rings. The van der Waals surface area contributed by atoms with E-state index in [1.54, 1.807) is 7.05 Å². The average molecular weight is 273 g/mol. The number of nitrogens with one attached hydrogen (secondary N) is 2. The molecule has 0 aromatic heterocycles. The number of nitrogens with zero attached hydrogens (tertiary/aromatic N) is 1. The minimum atomic E-state index is 0.468. The van der Waals surface area contributed by atoms with E-state index in [9.17, 15) is 0 Å². The molecule has 108 valence electrons. The summed E-state index contributed by atoms with van der Waals surface area (Å²) in [7, 11) is 1.80. The smallest absolute Gasteiger partial charge is 0.191 e. The van der Waals surface area contributed by atoms with Crippen molar-refractivity contribution in [1.29, 1.82) is 0 Å². The molecule has 0 saturated carbocycles. The monoisotopic (exact) mass is 273 g/mol. The highest BCUT2D eigenvalue weighted by Gasteiger charge is 2.11. The lowest BCUT2D eigenvalue weighted by molar-refractivity contribution is 0.340. The number of hydrogen-bond donors (Lipinski definition) is 2. The fraction of sp³-hybridized carbons (Fsp3) is 0.438. The van der Waals surface area contributed by atoms with Crippen molar-refractivity contribution in [2.75, 3.05) is 13.7 Å². The van der Waals surface area contributed by atoms with Crippen LogP contribution in [0.5, 0.6) is 5.75 Å². The van der Waals surface area contributed by atoms with Gasteiger partial charge in [-0.1, -0.05) is 24.3 Å². The van der Waals surface area contributed by atoms with Gasteiger partial charge in [-0.15, -0.1) is 0 Å². The van der Waals surface area contributed by atoms with Crippen molar-refractivity contribution in [2.24, 2.45) is 4.99 Å². The summed E-state index contributed by atoms with van der Waals surface area (Å²) in [6.07, 6.45) is 6.55. The Morgan fingerprint density at radius 3 is 2.85 bits per heavy atom. The van der Waals surface area contributed by atoms with Crippen LogP contribution >= 0.6 is 0 Å². The van der Waals surface area contributed by atoms with Crippen LogP contribution in [0.3, 0.4) is 0 Å². The molecule has 0 unspecified atom stereocenters. The molecule has 0 fully saturated rings. The summed E-state index contributed by atoms with van der Waals surface area (Å²) in [6, 6.07) is 8.60. The molecule has 1 aliphatic carbocycles. The first-order chi connectivity index (χ1) is 9.81. The van der Waals surface area contributed by atoms with E-state index in [-0.39, 0.29) is 0 Å². The van der Waals surface area contributed by atoms with Crippen LogP contribution in [0.2, 0.25) is 0 Å². The zero-order valence-corrected chi connectivity index (χ0v) is 12.2. The maximum Gasteiger partial charge on any atom is 0.191 e. The third-order valence-electron chi connectivity index (χ3n) is 3.24. The highest BCUT2D eigenvalue weighted by atomic mass is 16.5. The summed E-state index contributed by atoms with van der Waals surface area (Å²) in [5.74, 6) is 1.76. The van der Waals surface area contributed by atoms with Crippen molar-refractivity contribution >= 4 is 5.96 Å². The molecule has 1 aromatic carbocycles. The second kappa shape index (κ2) is 7.58. The Balaban J connectivity index is 1.84. The average Bonchev–Trinajstić information content (AvgIpc) is 2.97. The molecule has 0 aliphatic heterocycles. The van der Waals surface area contributed by atoms with Gasteiger partial charge in [0.05, 0.1) is 6.61 Å². The van der Waals surface area contributed by atoms with Gasteiger partial charge < -0.3 is 15.4 Å². The lowest BCUT2D eigenvalue weighted by atomic mass is 10.2. The van der Waals surface area contributed by atoms with Crippen molar-refractivity contribution in [1.82, 2.24) is 10.6 Å². The molecule has 2 rings (SSSR count). The van der Waals surface area contributed by atoms with E-state index in [0.717, 1.165) is 31.1 Å². The molecule has 20 heavy (non-hydrogen) atoms. The number of aliphatic imine (C=N–C) groups is 1. The van der Waals surface area contributed by atoms with Crippen LogP contribution in [0, 0.1) is 0 Å². The summed E-state index contributed by atoms with van der Waals surface area (Å²) in [5.41, 5.74) is 1.18. The quantitative estimate of drug-likeness (QED) is 0.492. The first kappa shape index (κ1) is 14.4. The first-order valence-corrected chi connectivity index (χ1v) is 7.15. The van der Waals surface area contributed by atoms with E-state index in [1.807, 2.05) is 19.1 Å². The van der Waals surface area contributed by atoms with E-state index < -0.39 is 0 Å². The fourth-order valence-electron chi connectivity index (χ4n) is 2.22. The molecule has 2 N–H and O–H groups in total. The molecule has 4 heteroatoms. The largest absolute Gasteiger partial charge is 0.494 e. The van der Waals surface area contributed by atoms with Crippen LogP contribution in [-0.4, -0.2) is 25.7 Å². The van der Waals surface area contributed by atoms with E-state index in [0.29, 0.717) is 12.6 Å². The van der Waals surface area contributed by atoms with Crippen molar-refractivity contribution in [3.63, 3.8) is 0 Å². The predicted octanol–water partition coefficient (Wildman–Crippen LogP) is 2.47. The Kier molecular flexibility index (Phi) is 5.47. The summed E-state index contributed by atoms with van der Waals surface area (Å²) < 4.78 is 5.51. The van der Waals surface area contributed by atoms with Crippen LogP contribution < -0.4 is 15.4 Å². The van der Waals surface area contributed by atoms with Gasteiger partial charge in [0, 0.05) is 19.6 Å². The minimum absolute atomic E-state index is 0.468. The molecule has 0 radical (unpaired) electrons. The standard InChI is InChI=1S/C16H23N3O/c1-3-20-15-10-6-7-13(11-15)12-18-16(17-2)19-14-8-4-5-9-14/h4-7,10-11,14H,3,8-9,12H2,1-2H3,(H2,17,18,19). The SMILES string of the molecule is CCOc1cccc(CNC(=NC)NC2CC=CC2)c1. The molecule has 0 heterocycles. The van der Waals surface area contributed by atoms with E-state index >= 15 is 0 Å². The van der Waals surface area contributed by atoms with Gasteiger partial charge in [-0.2, -0.15) is 0 Å². The lowest BCUT2D eigenvalue weighted by Gasteiger charge is -2.17. The Morgan fingerprint density at radius 1 is 1.35 bits per heavy atom. The van der Waals surface area contributed by atoms with Crippen LogP contribution in [0.25, 0.3) is 0 Å². The van der Waals surface area contributed by atoms with Crippen LogP contribution in [0.1, 0.15) is 25.3 Å². The normalized spacial score (nSPS) is 15.4. The molecular formula is C16H23N3O. The highest BCUT2D eigenvalue weighted by molar-refractivity contribution is 5.80. The zero-order valence-electron chi connectivity index (χ0n) is 12.2. The number of guanidine groups is 1. The minimum Gasteiger partial charge on any atom is -0.494 e. The van der Waals surface area contributed by atoms with E-state index in [1.165, 1.54) is 5.56 Å². The molecule has 0 atom stereocenters. The third-order valence-corrected chi connectivity index (χ3v) is 3.24. The first-order valence-electron chi connectivity index (χ1n) is 7.15. The molecule has 1 aliphatic rings. The molecule has 0 bridgehead atoms. The Bertz CT molecular complexity index is 474. The van der Waals surface area contributed by atoms with Crippen molar-refractivity contribution in [2.45, 2.75) is 32.4 Å². The van der Waals surface area contributed by atoms with Crippen LogP contribution in [0.15, 0.2) is 41.4 Å². The topological polar surface area (TPSA) is 45.6 Å². The Morgan fingerprint density at radius 2 is 2.15 bits per heavy atom. The summed E-state index contributed by atoms with van der Waals surface area (Å²) >= 11 is 0. The number of ether oxygens (including phenoxy) is 1. The van der Waals surface area contributed by atoms with Gasteiger partial charge in [-0.05, 0) is 37.5 Å². The zero-order chi connectivity index (χ0) is 14.2. The Labute approximate surface area is 120 Å². The number of benzene rings is 1. The van der Waals surface area contributed by atoms with Crippen LogP contribution in [-0.2, 0) is 6.54 Å². The molecule has 0 saturated heterocycles. The maximum atomic E-state index is 5.51. The van der Waals surface area contributed by atoms with Gasteiger partial charge in [-0.3, -0.25) is 4.99 Å². The van der Waals surface area contributed by atoms with E-state index in [4.69, 9.17) is 4.74 Å². The molecule has 0 amide bonds. The van der Waals surface area contributed by atoms with Gasteiger partial charge in [0.2, 0.25) is 0 Å². The fourth-order valence-corrected chi connectivity index (χ4v) is 2.22. The van der Waals surface area contributed by atoms with Gasteiger partial charge in [0.1, 0.15) is 5.75 Å². The van der Waals surface area contributed by atoms with E-state index in [2.05, 4.69) is 39.9 Å². The predicted molar refractivity (Wildman–Crippen MR) is 83.1 cm³/mol. The number of hydrogen-bond acceptors (Lipinski definition) is 2. The lowest BCUT2D eigenvalue weighted by Crippen LogP contribution is -2.42. The van der Waals surface area contributed by atoms with Gasteiger partial charge in [0.15, 0.2) is 5.96 Å². The Hall–Kier alpha value is -1.97. The molecule has 0 spiro atoms. The third kappa shape index (κ3) is 4.30. The van der Waals surface area contributed by atoms with Gasteiger partial charge >= 0.3 is 0 Å². The summed E-state index contributed by atoms with van der Waals surface area (Å²) in [6.45, 7) is 3.42.